The zero-order chi connectivity index (χ0) is 18.7. The zero-order valence-corrected chi connectivity index (χ0v) is 14.6. The second-order valence-corrected chi connectivity index (χ2v) is 6.52. The molecule has 0 N–H and O–H groups in total. The molecule has 0 bridgehead atoms. The third kappa shape index (κ3) is 3.78. The third-order valence-electron chi connectivity index (χ3n) is 3.79. The lowest BCUT2D eigenvalue weighted by molar-refractivity contribution is -0.255. The second-order valence-electron chi connectivity index (χ2n) is 5.53. The molecule has 1 aliphatic heterocycles. The van der Waals surface area contributed by atoms with Crippen LogP contribution in [0, 0.1) is 0 Å². The predicted octanol–water partition coefficient (Wildman–Crippen LogP) is 2.30. The number of carboxylic acids is 1. The number of hydrogen-bond donors (Lipinski definition) is 0. The van der Waals surface area contributed by atoms with Crippen LogP contribution in [0.4, 0.5) is 4.79 Å². The molecule has 2 aromatic carbocycles. The molecule has 3 rings (SSSR count). The van der Waals surface area contributed by atoms with Crippen LogP contribution < -0.4 is 9.84 Å². The van der Waals surface area contributed by atoms with Crippen LogP contribution in [0.15, 0.2) is 53.4 Å². The van der Waals surface area contributed by atoms with Gasteiger partial charge in [0.05, 0.1) is 24.5 Å². The minimum Gasteiger partial charge on any atom is -0.545 e. The first kappa shape index (κ1) is 17.8. The summed E-state index contributed by atoms with van der Waals surface area (Å²) in [6.45, 7) is 0.00569. The Kier molecular flexibility index (Phi) is 5.09. The Balaban J connectivity index is 1.79. The lowest BCUT2D eigenvalue weighted by atomic mass is 10.1. The number of carboxylic acid groups (broad SMARTS) is 1. The number of methoxy groups -OCH3 is 1. The van der Waals surface area contributed by atoms with Crippen molar-refractivity contribution >= 4 is 35.0 Å². The summed E-state index contributed by atoms with van der Waals surface area (Å²) in [5, 5.41) is 10.5. The fraction of sp³-hybridized carbons (Fsp3) is 0.105. The summed E-state index contributed by atoms with van der Waals surface area (Å²) >= 11 is 0.855. The van der Waals surface area contributed by atoms with Crippen molar-refractivity contribution in [3.05, 3.63) is 70.1 Å². The molecule has 2 amide bonds. The van der Waals surface area contributed by atoms with Crippen LogP contribution in [0.1, 0.15) is 21.5 Å². The molecule has 0 radical (unpaired) electrons. The van der Waals surface area contributed by atoms with Gasteiger partial charge in [-0.05, 0) is 52.7 Å². The third-order valence-corrected chi connectivity index (χ3v) is 4.70. The molecule has 1 aliphatic rings. The SMILES string of the molecule is COc1ccc(/C=C2/SC(=O)N(Cc3cccc(C(=O)[O-])c3)C2=O)cc1. The van der Waals surface area contributed by atoms with Gasteiger partial charge >= 0.3 is 0 Å². The van der Waals surface area contributed by atoms with Gasteiger partial charge in [-0.3, -0.25) is 14.5 Å². The molecular formula is C19H14NO5S-. The van der Waals surface area contributed by atoms with E-state index in [2.05, 4.69) is 0 Å². The maximum absolute atomic E-state index is 12.5. The molecule has 1 heterocycles. The first-order chi connectivity index (χ1) is 12.5. The van der Waals surface area contributed by atoms with Gasteiger partial charge < -0.3 is 14.6 Å². The largest absolute Gasteiger partial charge is 0.545 e. The van der Waals surface area contributed by atoms with E-state index in [4.69, 9.17) is 4.74 Å². The molecule has 0 spiro atoms. The molecule has 1 saturated heterocycles. The first-order valence-corrected chi connectivity index (χ1v) is 8.49. The summed E-state index contributed by atoms with van der Waals surface area (Å²) in [5.41, 5.74) is 1.32. The summed E-state index contributed by atoms with van der Waals surface area (Å²) in [5.74, 6) is -1.02. The van der Waals surface area contributed by atoms with Crippen LogP contribution in [-0.4, -0.2) is 29.1 Å². The molecule has 1 fully saturated rings. The van der Waals surface area contributed by atoms with Crippen molar-refractivity contribution < 1.29 is 24.2 Å². The van der Waals surface area contributed by atoms with E-state index in [1.807, 2.05) is 0 Å². The number of amides is 2. The Morgan fingerprint density at radius 1 is 1.19 bits per heavy atom. The van der Waals surface area contributed by atoms with E-state index in [0.717, 1.165) is 22.2 Å². The number of aromatic carboxylic acids is 1. The van der Waals surface area contributed by atoms with Crippen molar-refractivity contribution in [2.75, 3.05) is 7.11 Å². The van der Waals surface area contributed by atoms with Gasteiger partial charge in [-0.25, -0.2) is 0 Å². The summed E-state index contributed by atoms with van der Waals surface area (Å²) < 4.78 is 5.09. The molecule has 0 saturated carbocycles. The van der Waals surface area contributed by atoms with Gasteiger partial charge in [0.15, 0.2) is 0 Å². The van der Waals surface area contributed by atoms with Crippen LogP contribution in [0.5, 0.6) is 5.75 Å². The highest BCUT2D eigenvalue weighted by Gasteiger charge is 2.34. The normalized spacial score (nSPS) is 15.6. The minimum atomic E-state index is -1.31. The molecule has 0 unspecified atom stereocenters. The fourth-order valence-corrected chi connectivity index (χ4v) is 3.31. The zero-order valence-electron chi connectivity index (χ0n) is 13.8. The van der Waals surface area contributed by atoms with E-state index < -0.39 is 17.1 Å². The highest BCUT2D eigenvalue weighted by molar-refractivity contribution is 8.18. The lowest BCUT2D eigenvalue weighted by Gasteiger charge is -2.13. The number of carbonyl (C=O) groups is 3. The van der Waals surface area contributed by atoms with Gasteiger partial charge in [-0.15, -0.1) is 0 Å². The van der Waals surface area contributed by atoms with Crippen LogP contribution >= 0.6 is 11.8 Å². The Labute approximate surface area is 154 Å². The monoisotopic (exact) mass is 368 g/mol. The van der Waals surface area contributed by atoms with E-state index in [0.29, 0.717) is 16.2 Å². The average molecular weight is 368 g/mol. The molecule has 26 heavy (non-hydrogen) atoms. The standard InChI is InChI=1S/C19H15NO5S/c1-25-15-7-5-12(6-8-15)10-16-17(21)20(19(24)26-16)11-13-3-2-4-14(9-13)18(22)23/h2-10H,11H2,1H3,(H,22,23)/p-1/b16-10+. The van der Waals surface area contributed by atoms with E-state index >= 15 is 0 Å². The number of ether oxygens (including phenoxy) is 1. The average Bonchev–Trinajstić information content (AvgIpc) is 2.90. The van der Waals surface area contributed by atoms with Gasteiger partial charge in [-0.2, -0.15) is 0 Å². The molecule has 0 aromatic heterocycles. The summed E-state index contributed by atoms with van der Waals surface area (Å²) in [4.78, 5) is 37.1. The van der Waals surface area contributed by atoms with Crippen LogP contribution in [-0.2, 0) is 11.3 Å². The highest BCUT2D eigenvalue weighted by atomic mass is 32.2. The smallest absolute Gasteiger partial charge is 0.293 e. The topological polar surface area (TPSA) is 86.7 Å². The number of benzene rings is 2. The van der Waals surface area contributed by atoms with E-state index in [9.17, 15) is 19.5 Å². The fourth-order valence-electron chi connectivity index (χ4n) is 2.47. The number of hydrogen-bond acceptors (Lipinski definition) is 6. The van der Waals surface area contributed by atoms with Crippen molar-refractivity contribution in [1.29, 1.82) is 0 Å². The summed E-state index contributed by atoms with van der Waals surface area (Å²) in [6, 6.07) is 13.1. The van der Waals surface area contributed by atoms with E-state index in [1.54, 1.807) is 49.6 Å². The first-order valence-electron chi connectivity index (χ1n) is 7.67. The van der Waals surface area contributed by atoms with Crippen molar-refractivity contribution in [2.45, 2.75) is 6.54 Å². The van der Waals surface area contributed by atoms with Crippen LogP contribution in [0.3, 0.4) is 0 Å². The Hall–Kier alpha value is -3.06. The van der Waals surface area contributed by atoms with Crippen LogP contribution in [0.25, 0.3) is 6.08 Å². The summed E-state index contributed by atoms with van der Waals surface area (Å²) in [6.07, 6.45) is 1.64. The number of rotatable bonds is 5. The Bertz CT molecular complexity index is 904. The van der Waals surface area contributed by atoms with Crippen molar-refractivity contribution in [2.24, 2.45) is 0 Å². The van der Waals surface area contributed by atoms with Gasteiger partial charge in [0.25, 0.3) is 11.1 Å². The molecule has 7 heteroatoms. The number of carbonyl (C=O) groups excluding carboxylic acids is 3. The molecule has 0 aliphatic carbocycles. The highest BCUT2D eigenvalue weighted by Crippen LogP contribution is 2.33. The van der Waals surface area contributed by atoms with Gasteiger partial charge in [0, 0.05) is 0 Å². The predicted molar refractivity (Wildman–Crippen MR) is 95.3 cm³/mol. The lowest BCUT2D eigenvalue weighted by Crippen LogP contribution is -2.28. The van der Waals surface area contributed by atoms with Gasteiger partial charge in [-0.1, -0.05) is 30.3 Å². The quantitative estimate of drug-likeness (QED) is 0.753. The van der Waals surface area contributed by atoms with Crippen molar-refractivity contribution in [3.63, 3.8) is 0 Å². The number of thioether (sulfide) groups is 1. The van der Waals surface area contributed by atoms with Crippen molar-refractivity contribution in [1.82, 2.24) is 4.90 Å². The number of imide groups is 1. The minimum absolute atomic E-state index is 0.00301. The van der Waals surface area contributed by atoms with Gasteiger partial charge in [0.1, 0.15) is 5.75 Å². The second kappa shape index (κ2) is 7.45. The van der Waals surface area contributed by atoms with Crippen LogP contribution in [0.2, 0.25) is 0 Å². The maximum Gasteiger partial charge on any atom is 0.293 e. The molecular weight excluding hydrogens is 354 g/mol. The molecule has 2 aromatic rings. The van der Waals surface area contributed by atoms with Crippen molar-refractivity contribution in [3.8, 4) is 5.75 Å². The Morgan fingerprint density at radius 3 is 2.58 bits per heavy atom. The number of nitrogens with zero attached hydrogens (tertiary/aromatic N) is 1. The maximum atomic E-state index is 12.5. The molecule has 132 valence electrons. The molecule has 6 nitrogen and oxygen atoms in total. The summed E-state index contributed by atoms with van der Waals surface area (Å²) in [7, 11) is 1.57. The van der Waals surface area contributed by atoms with E-state index in [1.165, 1.54) is 12.1 Å². The molecule has 0 atom stereocenters. The van der Waals surface area contributed by atoms with Gasteiger partial charge in [0.2, 0.25) is 0 Å². The Morgan fingerprint density at radius 2 is 1.92 bits per heavy atom. The van der Waals surface area contributed by atoms with E-state index in [-0.39, 0.29) is 12.1 Å².